The van der Waals surface area contributed by atoms with Gasteiger partial charge in [0.05, 0.1) is 24.8 Å². The van der Waals surface area contributed by atoms with Gasteiger partial charge in [0.15, 0.2) is 0 Å². The van der Waals surface area contributed by atoms with Gasteiger partial charge in [-0.05, 0) is 11.6 Å². The topological polar surface area (TPSA) is 21.3 Å². The minimum absolute atomic E-state index is 0.182. The molecule has 1 aliphatic rings. The number of hydrogen-bond acceptors (Lipinski definition) is 2. The quantitative estimate of drug-likeness (QED) is 0.861. The monoisotopic (exact) mass is 231 g/mol. The number of benzene rings is 1. The largest absolute Gasteiger partial charge is 0.416 e. The molecule has 2 rings (SSSR count). The zero-order valence-electron chi connectivity index (χ0n) is 8.55. The van der Waals surface area contributed by atoms with E-state index in [9.17, 15) is 13.2 Å². The van der Waals surface area contributed by atoms with Crippen LogP contribution < -0.4 is 5.32 Å². The van der Waals surface area contributed by atoms with Gasteiger partial charge in [-0.15, -0.1) is 0 Å². The van der Waals surface area contributed by atoms with Crippen LogP contribution in [0.15, 0.2) is 24.3 Å². The highest BCUT2D eigenvalue weighted by molar-refractivity contribution is 5.29. The van der Waals surface area contributed by atoms with Gasteiger partial charge in [-0.2, -0.15) is 13.2 Å². The highest BCUT2D eigenvalue weighted by Crippen LogP contribution is 2.31. The van der Waals surface area contributed by atoms with E-state index in [1.54, 1.807) is 6.07 Å². The molecule has 0 bridgehead atoms. The Bertz CT molecular complexity index is 360. The molecule has 88 valence electrons. The van der Waals surface area contributed by atoms with Crippen LogP contribution >= 0.6 is 0 Å². The summed E-state index contributed by atoms with van der Waals surface area (Å²) in [6.45, 7) is 1.38. The summed E-state index contributed by atoms with van der Waals surface area (Å²) in [7, 11) is 0. The third-order valence-corrected chi connectivity index (χ3v) is 2.54. The zero-order chi connectivity index (χ0) is 11.6. The minimum Gasteiger partial charge on any atom is -0.378 e. The molecule has 1 aromatic carbocycles. The van der Waals surface area contributed by atoms with E-state index in [1.807, 2.05) is 0 Å². The maximum Gasteiger partial charge on any atom is 0.416 e. The van der Waals surface area contributed by atoms with Crippen molar-refractivity contribution in [2.24, 2.45) is 0 Å². The van der Waals surface area contributed by atoms with Crippen LogP contribution in [-0.4, -0.2) is 19.3 Å². The average molecular weight is 231 g/mol. The first kappa shape index (κ1) is 11.4. The van der Waals surface area contributed by atoms with Gasteiger partial charge in [0.2, 0.25) is 0 Å². The lowest BCUT2D eigenvalue weighted by Crippen LogP contribution is -2.45. The van der Waals surface area contributed by atoms with Crippen molar-refractivity contribution < 1.29 is 17.9 Å². The molecule has 0 amide bonds. The summed E-state index contributed by atoms with van der Waals surface area (Å²) in [5.41, 5.74) is -0.287. The number of alkyl halides is 3. The Morgan fingerprint density at radius 1 is 1.25 bits per heavy atom. The van der Waals surface area contributed by atoms with E-state index in [-0.39, 0.29) is 18.2 Å². The van der Waals surface area contributed by atoms with E-state index >= 15 is 0 Å². The van der Waals surface area contributed by atoms with Crippen molar-refractivity contribution in [2.75, 3.05) is 13.2 Å². The molecule has 1 N–H and O–H groups in total. The summed E-state index contributed by atoms with van der Waals surface area (Å²) in [5, 5.41) is 3.02. The second kappa shape index (κ2) is 4.43. The van der Waals surface area contributed by atoms with Crippen molar-refractivity contribution in [3.8, 4) is 0 Å². The number of hydrogen-bond donors (Lipinski definition) is 1. The molecule has 1 fully saturated rings. The van der Waals surface area contributed by atoms with Crippen molar-refractivity contribution in [1.29, 1.82) is 0 Å². The molecule has 16 heavy (non-hydrogen) atoms. The van der Waals surface area contributed by atoms with E-state index in [1.165, 1.54) is 12.1 Å². The number of nitrogens with one attached hydrogen (secondary N) is 1. The molecule has 1 aromatic rings. The fourth-order valence-electron chi connectivity index (χ4n) is 1.56. The molecule has 5 heteroatoms. The molecule has 0 saturated carbocycles. The molecule has 0 unspecified atom stereocenters. The van der Waals surface area contributed by atoms with Crippen molar-refractivity contribution >= 4 is 0 Å². The van der Waals surface area contributed by atoms with Gasteiger partial charge in [0.1, 0.15) is 0 Å². The summed E-state index contributed by atoms with van der Waals surface area (Å²) in [5.74, 6) is 0. The Kier molecular flexibility index (Phi) is 3.16. The third kappa shape index (κ3) is 2.54. The maximum absolute atomic E-state index is 12.6. The summed E-state index contributed by atoms with van der Waals surface area (Å²) in [4.78, 5) is 0. The van der Waals surface area contributed by atoms with E-state index in [2.05, 4.69) is 5.32 Å². The molecular formula is C11H12F3NO. The highest BCUT2D eigenvalue weighted by Gasteiger charge is 2.33. The molecule has 0 atom stereocenters. The minimum atomic E-state index is -4.28. The highest BCUT2D eigenvalue weighted by atomic mass is 19.4. The van der Waals surface area contributed by atoms with E-state index in [0.717, 1.165) is 6.07 Å². The second-order valence-corrected chi connectivity index (χ2v) is 3.77. The maximum atomic E-state index is 12.6. The van der Waals surface area contributed by atoms with Crippen LogP contribution in [0.3, 0.4) is 0 Å². The van der Waals surface area contributed by atoms with Crippen molar-refractivity contribution in [3.63, 3.8) is 0 Å². The number of rotatable bonds is 3. The van der Waals surface area contributed by atoms with E-state index in [0.29, 0.717) is 13.2 Å². The standard InChI is InChI=1S/C11H12F3NO/c12-11(13,14)10-4-2-1-3-8(10)5-15-9-6-16-7-9/h1-4,9,15H,5-7H2. The van der Waals surface area contributed by atoms with E-state index < -0.39 is 11.7 Å². The lowest BCUT2D eigenvalue weighted by Gasteiger charge is -2.27. The molecular weight excluding hydrogens is 219 g/mol. The van der Waals surface area contributed by atoms with Crippen LogP contribution in [-0.2, 0) is 17.5 Å². The number of ether oxygens (including phenoxy) is 1. The Hall–Kier alpha value is -1.07. The first-order valence-electron chi connectivity index (χ1n) is 5.03. The Balaban J connectivity index is 2.06. The van der Waals surface area contributed by atoms with Crippen LogP contribution in [0, 0.1) is 0 Å². The molecule has 1 aliphatic heterocycles. The summed E-state index contributed by atoms with van der Waals surface area (Å²) in [6, 6.07) is 5.80. The molecule has 2 nitrogen and oxygen atoms in total. The first-order chi connectivity index (χ1) is 7.57. The van der Waals surface area contributed by atoms with Crippen molar-refractivity contribution in [3.05, 3.63) is 35.4 Å². The van der Waals surface area contributed by atoms with Gasteiger partial charge >= 0.3 is 6.18 Å². The van der Waals surface area contributed by atoms with Gasteiger partial charge in [0, 0.05) is 6.54 Å². The zero-order valence-corrected chi connectivity index (χ0v) is 8.55. The average Bonchev–Trinajstić information content (AvgIpc) is 2.14. The fourth-order valence-corrected chi connectivity index (χ4v) is 1.56. The third-order valence-electron chi connectivity index (χ3n) is 2.54. The van der Waals surface area contributed by atoms with Crippen LogP contribution in [0.4, 0.5) is 13.2 Å². The van der Waals surface area contributed by atoms with E-state index in [4.69, 9.17) is 4.74 Å². The summed E-state index contributed by atoms with van der Waals surface area (Å²) in [6.07, 6.45) is -4.28. The van der Waals surface area contributed by atoms with Gasteiger partial charge in [-0.3, -0.25) is 0 Å². The van der Waals surface area contributed by atoms with Gasteiger partial charge in [0.25, 0.3) is 0 Å². The second-order valence-electron chi connectivity index (χ2n) is 3.77. The lowest BCUT2D eigenvalue weighted by molar-refractivity contribution is -0.138. The molecule has 0 radical (unpaired) electrons. The molecule has 1 saturated heterocycles. The Morgan fingerprint density at radius 3 is 2.50 bits per heavy atom. The lowest BCUT2D eigenvalue weighted by atomic mass is 10.1. The van der Waals surface area contributed by atoms with Crippen molar-refractivity contribution in [1.82, 2.24) is 5.32 Å². The molecule has 0 aliphatic carbocycles. The predicted octanol–water partition coefficient (Wildman–Crippen LogP) is 2.19. The summed E-state index contributed by atoms with van der Waals surface area (Å²) < 4.78 is 42.8. The van der Waals surface area contributed by atoms with Crippen molar-refractivity contribution in [2.45, 2.75) is 18.8 Å². The van der Waals surface area contributed by atoms with Gasteiger partial charge in [-0.1, -0.05) is 18.2 Å². The first-order valence-corrected chi connectivity index (χ1v) is 5.03. The van der Waals surface area contributed by atoms with Gasteiger partial charge < -0.3 is 10.1 Å². The predicted molar refractivity (Wildman–Crippen MR) is 52.9 cm³/mol. The van der Waals surface area contributed by atoms with Crippen LogP contribution in [0.2, 0.25) is 0 Å². The van der Waals surface area contributed by atoms with Crippen LogP contribution in [0.1, 0.15) is 11.1 Å². The molecule has 0 spiro atoms. The Labute approximate surface area is 91.4 Å². The summed E-state index contributed by atoms with van der Waals surface area (Å²) >= 11 is 0. The van der Waals surface area contributed by atoms with Gasteiger partial charge in [-0.25, -0.2) is 0 Å². The molecule has 1 heterocycles. The number of halogens is 3. The van der Waals surface area contributed by atoms with Crippen LogP contribution in [0.5, 0.6) is 0 Å². The normalized spacial score (nSPS) is 17.2. The SMILES string of the molecule is FC(F)(F)c1ccccc1CNC1COC1. The Morgan fingerprint density at radius 2 is 1.94 bits per heavy atom. The fraction of sp³-hybridized carbons (Fsp3) is 0.455. The smallest absolute Gasteiger partial charge is 0.378 e. The van der Waals surface area contributed by atoms with Crippen LogP contribution in [0.25, 0.3) is 0 Å². The molecule has 0 aromatic heterocycles.